The minimum atomic E-state index is -4.10. The third kappa shape index (κ3) is 20.5. The molecule has 3 aliphatic heterocycles. The smallest absolute Gasteiger partial charge is 0.407 e. The Bertz CT molecular complexity index is 2860. The number of hydrogen-bond acceptors (Lipinski definition) is 18. The summed E-state index contributed by atoms with van der Waals surface area (Å²) in [5.74, 6) is -0.604. The van der Waals surface area contributed by atoms with Crippen molar-refractivity contribution in [2.24, 2.45) is 11.8 Å². The molecule has 3 heterocycles. The van der Waals surface area contributed by atoms with Gasteiger partial charge < -0.3 is 50.1 Å². The average Bonchev–Trinajstić information content (AvgIpc) is 4.27. The highest BCUT2D eigenvalue weighted by molar-refractivity contribution is 7.89. The molecule has 4 aromatic carbocycles. The van der Waals surface area contributed by atoms with Crippen LogP contribution in [0.5, 0.6) is 0 Å². The summed E-state index contributed by atoms with van der Waals surface area (Å²) in [6, 6.07) is 27.6. The van der Waals surface area contributed by atoms with Crippen LogP contribution < -0.4 is 16.4 Å². The van der Waals surface area contributed by atoms with E-state index in [1.807, 2.05) is 100 Å². The molecule has 25 heteroatoms. The number of nitrogen functional groups attached to an aromatic ring is 1. The number of benzene rings is 4. The average molecular weight is 1180 g/mol. The van der Waals surface area contributed by atoms with Crippen LogP contribution in [-0.2, 0) is 61.4 Å². The van der Waals surface area contributed by atoms with Crippen LogP contribution in [0.25, 0.3) is 0 Å². The summed E-state index contributed by atoms with van der Waals surface area (Å²) in [4.78, 5) is 53.7. The van der Waals surface area contributed by atoms with Gasteiger partial charge in [0.1, 0.15) is 18.3 Å². The molecule has 0 saturated carbocycles. The van der Waals surface area contributed by atoms with Gasteiger partial charge >= 0.3 is 18.2 Å². The first-order valence-electron chi connectivity index (χ1n) is 27.6. The van der Waals surface area contributed by atoms with Gasteiger partial charge in [0, 0.05) is 76.5 Å². The zero-order valence-corrected chi connectivity index (χ0v) is 49.0. The van der Waals surface area contributed by atoms with E-state index < -0.39 is 67.4 Å². The number of nitro groups is 1. The number of ether oxygens (including phenoxy) is 5. The fourth-order valence-corrected chi connectivity index (χ4v) is 12.6. The van der Waals surface area contributed by atoms with Crippen LogP contribution in [0.1, 0.15) is 51.7 Å². The van der Waals surface area contributed by atoms with Crippen molar-refractivity contribution in [2.75, 3.05) is 98.1 Å². The molecule has 82 heavy (non-hydrogen) atoms. The van der Waals surface area contributed by atoms with Crippen molar-refractivity contribution in [1.82, 2.24) is 29.0 Å². The van der Waals surface area contributed by atoms with Crippen LogP contribution >= 0.6 is 0 Å². The first-order valence-corrected chi connectivity index (χ1v) is 30.5. The molecule has 4 aromatic rings. The summed E-state index contributed by atoms with van der Waals surface area (Å²) in [6.07, 6.45) is -2.78. The highest BCUT2D eigenvalue weighted by Gasteiger charge is 2.37. The van der Waals surface area contributed by atoms with Gasteiger partial charge in [-0.2, -0.15) is 8.61 Å². The number of piperazine rings is 1. The zero-order chi connectivity index (χ0) is 59.4. The Labute approximate surface area is 481 Å². The molecule has 0 aliphatic carbocycles. The third-order valence-corrected chi connectivity index (χ3v) is 17.5. The van der Waals surface area contributed by atoms with Crippen molar-refractivity contribution in [2.45, 2.75) is 99.7 Å². The number of sulfonamides is 2. The van der Waals surface area contributed by atoms with Crippen molar-refractivity contribution < 1.29 is 64.9 Å². The molecule has 3 fully saturated rings. The van der Waals surface area contributed by atoms with Crippen molar-refractivity contribution in [3.8, 4) is 0 Å². The molecule has 7 rings (SSSR count). The number of nitrogens with zero attached hydrogens (tertiary/aromatic N) is 5. The Morgan fingerprint density at radius 3 is 1.59 bits per heavy atom. The maximum atomic E-state index is 14.0. The number of non-ortho nitro benzene ring substituents is 1. The summed E-state index contributed by atoms with van der Waals surface area (Å²) in [5, 5.41) is 27.8. The number of aliphatic hydroxyl groups is 1. The molecule has 6 atom stereocenters. The number of hydrogen-bond donors (Lipinski definition) is 4. The van der Waals surface area contributed by atoms with E-state index in [0.717, 1.165) is 40.7 Å². The van der Waals surface area contributed by atoms with E-state index in [-0.39, 0.29) is 85.1 Å². The number of nitrogens with two attached hydrogens (primary N) is 1. The van der Waals surface area contributed by atoms with Gasteiger partial charge in [-0.15, -0.1) is 0 Å². The first kappa shape index (κ1) is 64.9. The number of esters is 1. The molecule has 23 nitrogen and oxygen atoms in total. The number of rotatable bonds is 26. The maximum Gasteiger partial charge on any atom is 0.407 e. The van der Waals surface area contributed by atoms with Crippen LogP contribution in [0, 0.1) is 22.0 Å². The van der Waals surface area contributed by atoms with E-state index in [0.29, 0.717) is 58.0 Å². The molecule has 5 N–H and O–H groups in total. The van der Waals surface area contributed by atoms with E-state index >= 15 is 0 Å². The standard InChI is InChI=1S/C32H47N5O7S.C25H33N3O8S/c1-24(2)20-37(45(40,41)28-11-9-26(33)10-12-28)21-30(44-31(38)22-36-16-14-35(3)15-17-36)29(19-25-7-5-4-6-8-25)34-32(39)43-27-13-18-42-23-27;1-18(2)15-27(37(33,34)22-10-8-20(9-11-22)28(31)32)16-24(29)23(14-19-6-4-3-5-7-19)26-25(30)36-21-12-13-35-17-21/h4-12,24,27,29-30H,13-23,33H2,1-3H3,(H,34,39);3-11,18,21,23-24,29H,12-17H2,1-2H3,(H,26,30)/t27-,29-,30+;21-,23-,24+/m00/s1. The molecule has 0 bridgehead atoms. The predicted molar refractivity (Wildman–Crippen MR) is 307 cm³/mol. The van der Waals surface area contributed by atoms with Crippen LogP contribution in [0.3, 0.4) is 0 Å². The topological polar surface area (TPSA) is 292 Å². The second-order valence-electron chi connectivity index (χ2n) is 21.6. The number of nitro benzene ring substituents is 1. The Morgan fingerprint density at radius 1 is 0.683 bits per heavy atom. The molecule has 0 radical (unpaired) electrons. The lowest BCUT2D eigenvalue weighted by Crippen LogP contribution is -2.54. The van der Waals surface area contributed by atoms with Crippen LogP contribution in [0.2, 0.25) is 0 Å². The normalized spacial score (nSPS) is 18.5. The van der Waals surface area contributed by atoms with Crippen LogP contribution in [0.15, 0.2) is 119 Å². The molecular formula is C57H80N8O15S2. The summed E-state index contributed by atoms with van der Waals surface area (Å²) < 4.78 is 85.0. The van der Waals surface area contributed by atoms with Gasteiger partial charge in [0.15, 0.2) is 0 Å². The van der Waals surface area contributed by atoms with Gasteiger partial charge in [-0.1, -0.05) is 88.4 Å². The Balaban J connectivity index is 0.000000269. The van der Waals surface area contributed by atoms with Crippen LogP contribution in [-0.4, -0.2) is 192 Å². The predicted octanol–water partition coefficient (Wildman–Crippen LogP) is 4.93. The second-order valence-corrected chi connectivity index (χ2v) is 25.5. The van der Waals surface area contributed by atoms with Crippen LogP contribution in [0.4, 0.5) is 21.0 Å². The number of likely N-dealkylation sites (N-methyl/N-ethyl adjacent to an activating group) is 1. The summed E-state index contributed by atoms with van der Waals surface area (Å²) in [5.41, 5.74) is 7.76. The molecule has 0 spiro atoms. The number of amides is 2. The largest absolute Gasteiger partial charge is 0.458 e. The summed E-state index contributed by atoms with van der Waals surface area (Å²) >= 11 is 0. The van der Waals surface area contributed by atoms with Crippen molar-refractivity contribution >= 4 is 49.6 Å². The summed E-state index contributed by atoms with van der Waals surface area (Å²) in [7, 11) is -6.08. The number of carbonyl (C=O) groups is 3. The number of nitrogens with one attached hydrogen (secondary N) is 2. The quantitative estimate of drug-likeness (QED) is 0.0213. The Kier molecular flexibility index (Phi) is 24.8. The monoisotopic (exact) mass is 1180 g/mol. The molecule has 450 valence electrons. The summed E-state index contributed by atoms with van der Waals surface area (Å²) in [6.45, 7) is 12.0. The lowest BCUT2D eigenvalue weighted by molar-refractivity contribution is -0.384. The Morgan fingerprint density at radius 2 is 1.13 bits per heavy atom. The molecule has 2 amide bonds. The van der Waals surface area contributed by atoms with Gasteiger partial charge in [0.2, 0.25) is 20.0 Å². The molecular weight excluding hydrogens is 1100 g/mol. The maximum absolute atomic E-state index is 14.0. The van der Waals surface area contributed by atoms with Gasteiger partial charge in [-0.05, 0) is 79.3 Å². The highest BCUT2D eigenvalue weighted by Crippen LogP contribution is 2.25. The van der Waals surface area contributed by atoms with Gasteiger partial charge in [-0.3, -0.25) is 19.8 Å². The van der Waals surface area contributed by atoms with E-state index in [4.69, 9.17) is 29.4 Å². The molecule has 3 saturated heterocycles. The lowest BCUT2D eigenvalue weighted by atomic mass is 10.0. The molecule has 0 unspecified atom stereocenters. The van der Waals surface area contributed by atoms with Crippen molar-refractivity contribution in [3.63, 3.8) is 0 Å². The lowest BCUT2D eigenvalue weighted by Gasteiger charge is -2.35. The second kappa shape index (κ2) is 31.4. The van der Waals surface area contributed by atoms with Gasteiger partial charge in [0.25, 0.3) is 5.69 Å². The Hall–Kier alpha value is -6.29. The van der Waals surface area contributed by atoms with Crippen molar-refractivity contribution in [1.29, 1.82) is 0 Å². The third-order valence-electron chi connectivity index (χ3n) is 13.8. The minimum absolute atomic E-state index is 0.0388. The fourth-order valence-electron chi connectivity index (χ4n) is 9.39. The molecule has 3 aliphatic rings. The number of alkyl carbamates (subject to hydrolysis) is 2. The first-order chi connectivity index (χ1) is 39.0. The molecule has 0 aromatic heterocycles. The van der Waals surface area contributed by atoms with E-state index in [1.54, 1.807) is 0 Å². The van der Waals surface area contributed by atoms with E-state index in [2.05, 4.69) is 15.5 Å². The number of carbonyl (C=O) groups excluding carboxylic acids is 3. The highest BCUT2D eigenvalue weighted by atomic mass is 32.2. The van der Waals surface area contributed by atoms with E-state index in [9.17, 15) is 46.4 Å². The number of aliphatic hydroxyl groups excluding tert-OH is 1. The fraction of sp³-hybridized carbons (Fsp3) is 0.526. The SMILES string of the molecule is CC(C)CN(C[C@@H](O)[C@H](Cc1ccccc1)NC(=O)O[C@H]1CCOC1)S(=O)(=O)c1ccc([N+](=O)[O-])cc1.CC(C)CN(C[C@@H](OC(=O)CN1CCN(C)CC1)[C@H](Cc1ccccc1)NC(=O)O[C@H]1CCOC1)S(=O)(=O)c1ccc(N)cc1. The van der Waals surface area contributed by atoms with Gasteiger partial charge in [0.05, 0.1) is 72.4 Å². The van der Waals surface area contributed by atoms with Crippen molar-refractivity contribution in [3.05, 3.63) is 130 Å². The van der Waals surface area contributed by atoms with E-state index in [1.165, 1.54) is 40.7 Å². The van der Waals surface area contributed by atoms with Gasteiger partial charge in [-0.25, -0.2) is 26.4 Å². The number of anilines is 1. The minimum Gasteiger partial charge on any atom is -0.458 e. The zero-order valence-electron chi connectivity index (χ0n) is 47.3.